The first-order valence-corrected chi connectivity index (χ1v) is 8.71. The highest BCUT2D eigenvalue weighted by Gasteiger charge is 2.25. The Bertz CT molecular complexity index is 789. The van der Waals surface area contributed by atoms with Gasteiger partial charge in [-0.3, -0.25) is 10.1 Å². The van der Waals surface area contributed by atoms with Gasteiger partial charge in [0.05, 0.1) is 4.92 Å². The third-order valence-corrected chi connectivity index (χ3v) is 5.66. The van der Waals surface area contributed by atoms with Crippen molar-refractivity contribution >= 4 is 48.7 Å². The van der Waals surface area contributed by atoms with E-state index >= 15 is 0 Å². The molecule has 112 valence electrons. The maximum atomic E-state index is 12.2. The lowest BCUT2D eigenvalue weighted by Gasteiger charge is -2.07. The van der Waals surface area contributed by atoms with Crippen LogP contribution in [0.2, 0.25) is 0 Å². The molecule has 1 heterocycles. The first-order chi connectivity index (χ1) is 9.79. The second-order valence-corrected chi connectivity index (χ2v) is 7.69. The van der Waals surface area contributed by atoms with Crippen LogP contribution in [0.3, 0.4) is 0 Å². The molecule has 10 heteroatoms. The molecular formula is C11H10BrN3O4S2. The average Bonchev–Trinajstić information content (AvgIpc) is 2.82. The summed E-state index contributed by atoms with van der Waals surface area (Å²) in [6.07, 6.45) is 0. The molecule has 0 saturated carbocycles. The number of hydrogen-bond acceptors (Lipinski definition) is 6. The third-order valence-electron chi connectivity index (χ3n) is 2.53. The maximum absolute atomic E-state index is 12.2. The summed E-state index contributed by atoms with van der Waals surface area (Å²) in [4.78, 5) is 10.5. The van der Waals surface area contributed by atoms with Gasteiger partial charge >= 0.3 is 0 Å². The molecule has 0 saturated heterocycles. The zero-order chi connectivity index (χ0) is 15.6. The third kappa shape index (κ3) is 3.79. The van der Waals surface area contributed by atoms with Crippen LogP contribution in [0.4, 0.5) is 11.4 Å². The zero-order valence-electron chi connectivity index (χ0n) is 10.4. The summed E-state index contributed by atoms with van der Waals surface area (Å²) in [5.74, 6) is 0. The monoisotopic (exact) mass is 391 g/mol. The molecule has 0 fully saturated rings. The van der Waals surface area contributed by atoms with E-state index in [0.29, 0.717) is 0 Å². The number of nitro groups is 1. The molecular weight excluding hydrogens is 382 g/mol. The van der Waals surface area contributed by atoms with Crippen molar-refractivity contribution in [2.75, 3.05) is 5.73 Å². The Balaban J connectivity index is 2.31. The van der Waals surface area contributed by atoms with Crippen LogP contribution in [-0.2, 0) is 16.6 Å². The van der Waals surface area contributed by atoms with Gasteiger partial charge in [-0.1, -0.05) is 0 Å². The van der Waals surface area contributed by atoms with Gasteiger partial charge in [0, 0.05) is 33.0 Å². The van der Waals surface area contributed by atoms with Crippen molar-refractivity contribution in [2.24, 2.45) is 0 Å². The highest BCUT2D eigenvalue weighted by atomic mass is 79.9. The molecule has 2 rings (SSSR count). The predicted molar refractivity (Wildman–Crippen MR) is 83.6 cm³/mol. The molecule has 1 aromatic carbocycles. The molecule has 3 N–H and O–H groups in total. The van der Waals surface area contributed by atoms with E-state index in [9.17, 15) is 18.5 Å². The summed E-state index contributed by atoms with van der Waals surface area (Å²) in [5, 5.41) is 12.7. The van der Waals surface area contributed by atoms with Gasteiger partial charge in [0.1, 0.15) is 0 Å². The topological polar surface area (TPSA) is 115 Å². The van der Waals surface area contributed by atoms with Gasteiger partial charge in [-0.05, 0) is 34.1 Å². The van der Waals surface area contributed by atoms with E-state index in [1.54, 1.807) is 6.07 Å². The number of benzene rings is 1. The maximum Gasteiger partial charge on any atom is 0.289 e. The Kier molecular flexibility index (Phi) is 4.61. The fraction of sp³-hybridized carbons (Fsp3) is 0.0909. The summed E-state index contributed by atoms with van der Waals surface area (Å²) >= 11 is 4.63. The fourth-order valence-corrected chi connectivity index (χ4v) is 4.28. The van der Waals surface area contributed by atoms with E-state index in [2.05, 4.69) is 20.7 Å². The van der Waals surface area contributed by atoms with Crippen LogP contribution in [-0.4, -0.2) is 13.3 Å². The molecule has 0 atom stereocenters. The van der Waals surface area contributed by atoms with Crippen LogP contribution in [0.5, 0.6) is 0 Å². The van der Waals surface area contributed by atoms with Crippen LogP contribution in [0.25, 0.3) is 0 Å². The van der Waals surface area contributed by atoms with E-state index in [0.717, 1.165) is 21.5 Å². The minimum Gasteiger partial charge on any atom is -0.399 e. The number of anilines is 1. The lowest BCUT2D eigenvalue weighted by atomic mass is 10.3. The van der Waals surface area contributed by atoms with Crippen LogP contribution < -0.4 is 10.5 Å². The van der Waals surface area contributed by atoms with Gasteiger partial charge in [0.25, 0.3) is 5.69 Å². The number of rotatable bonds is 5. The minimum atomic E-state index is -4.03. The van der Waals surface area contributed by atoms with Crippen molar-refractivity contribution in [3.05, 3.63) is 49.1 Å². The predicted octanol–water partition coefficient (Wildman–Crippen LogP) is 2.48. The Morgan fingerprint density at radius 1 is 1.38 bits per heavy atom. The van der Waals surface area contributed by atoms with Crippen molar-refractivity contribution in [2.45, 2.75) is 11.4 Å². The van der Waals surface area contributed by atoms with Crippen LogP contribution >= 0.6 is 27.3 Å². The number of nitrogens with one attached hydrogen (secondary N) is 1. The van der Waals surface area contributed by atoms with E-state index in [-0.39, 0.29) is 12.2 Å². The lowest BCUT2D eigenvalue weighted by molar-refractivity contribution is -0.387. The number of halogens is 1. The summed E-state index contributed by atoms with van der Waals surface area (Å²) in [6, 6.07) is 5.20. The minimum absolute atomic E-state index is 0.0462. The van der Waals surface area contributed by atoms with Crippen molar-refractivity contribution in [1.29, 1.82) is 0 Å². The van der Waals surface area contributed by atoms with E-state index in [4.69, 9.17) is 5.73 Å². The summed E-state index contributed by atoms with van der Waals surface area (Å²) in [7, 11) is -4.03. The molecule has 0 aliphatic heterocycles. The van der Waals surface area contributed by atoms with Crippen LogP contribution in [0, 0.1) is 10.1 Å². The number of nitro benzene ring substituents is 1. The van der Waals surface area contributed by atoms with Gasteiger partial charge in [-0.25, -0.2) is 13.1 Å². The molecule has 0 bridgehead atoms. The normalized spacial score (nSPS) is 11.5. The van der Waals surface area contributed by atoms with Crippen molar-refractivity contribution in [1.82, 2.24) is 4.72 Å². The molecule has 7 nitrogen and oxygen atoms in total. The van der Waals surface area contributed by atoms with E-state index in [1.807, 2.05) is 5.38 Å². The highest BCUT2D eigenvalue weighted by Crippen LogP contribution is 2.26. The summed E-state index contributed by atoms with van der Waals surface area (Å²) in [5.41, 5.74) is 5.14. The van der Waals surface area contributed by atoms with Crippen molar-refractivity contribution < 1.29 is 13.3 Å². The SMILES string of the molecule is Nc1ccc([N+](=O)[O-])c(S(=O)(=O)NCc2cc(Br)cs2)c1. The molecule has 0 radical (unpaired) electrons. The second-order valence-electron chi connectivity index (χ2n) is 4.04. The Morgan fingerprint density at radius 3 is 2.67 bits per heavy atom. The quantitative estimate of drug-likeness (QED) is 0.461. The zero-order valence-corrected chi connectivity index (χ0v) is 13.7. The van der Waals surface area contributed by atoms with E-state index < -0.39 is 25.5 Å². The van der Waals surface area contributed by atoms with Gasteiger partial charge in [-0.2, -0.15) is 0 Å². The Labute approximate surface area is 133 Å². The van der Waals surface area contributed by atoms with E-state index in [1.165, 1.54) is 17.4 Å². The van der Waals surface area contributed by atoms with Crippen LogP contribution in [0.1, 0.15) is 4.88 Å². The van der Waals surface area contributed by atoms with Crippen LogP contribution in [0.15, 0.2) is 39.0 Å². The van der Waals surface area contributed by atoms with Gasteiger partial charge < -0.3 is 5.73 Å². The van der Waals surface area contributed by atoms with Gasteiger partial charge in [-0.15, -0.1) is 11.3 Å². The number of nitrogens with zero attached hydrogens (tertiary/aromatic N) is 1. The standard InChI is InChI=1S/C11H10BrN3O4S2/c12-7-3-9(20-6-7)5-14-21(18,19)11-4-8(13)1-2-10(11)15(16)17/h1-4,6,14H,5,13H2. The molecule has 0 amide bonds. The smallest absolute Gasteiger partial charge is 0.289 e. The first kappa shape index (κ1) is 15.9. The number of hydrogen-bond donors (Lipinski definition) is 2. The van der Waals surface area contributed by atoms with Crippen molar-refractivity contribution in [3.63, 3.8) is 0 Å². The average molecular weight is 392 g/mol. The number of thiophene rings is 1. The fourth-order valence-electron chi connectivity index (χ4n) is 1.59. The first-order valence-electron chi connectivity index (χ1n) is 5.56. The second kappa shape index (κ2) is 6.10. The Morgan fingerprint density at radius 2 is 2.10 bits per heavy atom. The highest BCUT2D eigenvalue weighted by molar-refractivity contribution is 9.10. The van der Waals surface area contributed by atoms with Crippen molar-refractivity contribution in [3.8, 4) is 0 Å². The van der Waals surface area contributed by atoms with Gasteiger partial charge in [0.2, 0.25) is 10.0 Å². The molecule has 0 unspecified atom stereocenters. The lowest BCUT2D eigenvalue weighted by Crippen LogP contribution is -2.23. The summed E-state index contributed by atoms with van der Waals surface area (Å²) in [6.45, 7) is 0.0462. The number of nitrogen functional groups attached to an aromatic ring is 1. The molecule has 0 aliphatic rings. The Hall–Kier alpha value is -1.49. The molecule has 21 heavy (non-hydrogen) atoms. The number of sulfonamides is 1. The molecule has 0 aliphatic carbocycles. The van der Waals surface area contributed by atoms with Gasteiger partial charge in [0.15, 0.2) is 4.90 Å². The molecule has 1 aromatic heterocycles. The number of nitrogens with two attached hydrogens (primary N) is 1. The molecule has 0 spiro atoms. The summed E-state index contributed by atoms with van der Waals surface area (Å²) < 4.78 is 27.6. The molecule has 2 aromatic rings. The largest absolute Gasteiger partial charge is 0.399 e.